The molecule has 1 atom stereocenters. The molecule has 0 unspecified atom stereocenters. The van der Waals surface area contributed by atoms with E-state index < -0.39 is 6.04 Å². The third kappa shape index (κ3) is 4.98. The number of nitrogens with one attached hydrogen (secondary N) is 1. The van der Waals surface area contributed by atoms with Crippen molar-refractivity contribution in [2.24, 2.45) is 5.73 Å². The maximum atomic E-state index is 11.9. The number of fused-ring (bicyclic) bond motifs is 1. The van der Waals surface area contributed by atoms with Gasteiger partial charge in [0.2, 0.25) is 5.91 Å². The molecule has 26 heavy (non-hydrogen) atoms. The van der Waals surface area contributed by atoms with Crippen LogP contribution in [0, 0.1) is 6.92 Å². The van der Waals surface area contributed by atoms with Crippen LogP contribution in [-0.4, -0.2) is 33.4 Å². The standard InChI is InChI=1S/C18H20N4O2.ClH.H2S/c1-12-3-2-4-16(7-12)22-17-9-15(6-5-13(17)10-20-22)21-18(24)8-14(19)11-23;;/h2-7,9-10,14,23H,8,11,19H2,1H3,(H,21,24);1H;1H2/t14-;;/m0../s1. The van der Waals surface area contributed by atoms with Gasteiger partial charge in [0.15, 0.2) is 0 Å². The van der Waals surface area contributed by atoms with E-state index in [4.69, 9.17) is 10.8 Å². The van der Waals surface area contributed by atoms with Gasteiger partial charge in [0.25, 0.3) is 0 Å². The highest BCUT2D eigenvalue weighted by molar-refractivity contribution is 7.59. The maximum Gasteiger partial charge on any atom is 0.226 e. The van der Waals surface area contributed by atoms with E-state index in [-0.39, 0.29) is 44.8 Å². The number of benzene rings is 2. The van der Waals surface area contributed by atoms with Crippen molar-refractivity contribution in [3.63, 3.8) is 0 Å². The van der Waals surface area contributed by atoms with Gasteiger partial charge in [-0.1, -0.05) is 12.1 Å². The van der Waals surface area contributed by atoms with Crippen LogP contribution in [-0.2, 0) is 4.79 Å². The SMILES string of the molecule is Cc1cccc(-n2ncc3ccc(NC(=O)C[C@H](N)CO)cc32)c1.Cl.S. The number of aromatic nitrogens is 2. The molecule has 0 spiro atoms. The molecule has 0 fully saturated rings. The van der Waals surface area contributed by atoms with Crippen LogP contribution in [0.4, 0.5) is 5.69 Å². The van der Waals surface area contributed by atoms with Gasteiger partial charge >= 0.3 is 0 Å². The fraction of sp³-hybridized carbons (Fsp3) is 0.222. The number of rotatable bonds is 5. The van der Waals surface area contributed by atoms with Crippen LogP contribution < -0.4 is 11.1 Å². The Balaban J connectivity index is 0.00000169. The van der Waals surface area contributed by atoms with Crippen LogP contribution in [0.5, 0.6) is 0 Å². The molecule has 0 bridgehead atoms. The molecular formula is C18H23ClN4O2S. The minimum Gasteiger partial charge on any atom is -0.395 e. The Bertz CT molecular complexity index is 885. The molecule has 6 nitrogen and oxygen atoms in total. The molecular weight excluding hydrogens is 372 g/mol. The smallest absolute Gasteiger partial charge is 0.226 e. The first-order chi connectivity index (χ1) is 11.6. The van der Waals surface area contributed by atoms with E-state index in [0.29, 0.717) is 5.69 Å². The lowest BCUT2D eigenvalue weighted by molar-refractivity contribution is -0.116. The van der Waals surface area contributed by atoms with Crippen molar-refractivity contribution >= 4 is 48.4 Å². The van der Waals surface area contributed by atoms with Gasteiger partial charge in [-0.05, 0) is 42.8 Å². The molecule has 1 amide bonds. The zero-order valence-corrected chi connectivity index (χ0v) is 16.2. The van der Waals surface area contributed by atoms with Crippen LogP contribution in [0.25, 0.3) is 16.6 Å². The highest BCUT2D eigenvalue weighted by atomic mass is 35.5. The summed E-state index contributed by atoms with van der Waals surface area (Å²) in [6.07, 6.45) is 1.87. The molecule has 8 heteroatoms. The summed E-state index contributed by atoms with van der Waals surface area (Å²) in [6, 6.07) is 13.1. The first kappa shape index (κ1) is 22.0. The number of carbonyl (C=O) groups is 1. The zero-order valence-electron chi connectivity index (χ0n) is 14.3. The number of nitrogens with zero attached hydrogens (tertiary/aromatic N) is 2. The van der Waals surface area contributed by atoms with Crippen molar-refractivity contribution in [1.29, 1.82) is 0 Å². The normalized spacial score (nSPS) is 11.3. The fourth-order valence-corrected chi connectivity index (χ4v) is 2.58. The Kier molecular flexibility index (Phi) is 8.10. The number of carbonyl (C=O) groups excluding carboxylic acids is 1. The highest BCUT2D eigenvalue weighted by Gasteiger charge is 2.10. The van der Waals surface area contributed by atoms with Gasteiger partial charge in [-0.15, -0.1) is 12.4 Å². The molecule has 0 saturated heterocycles. The number of amides is 1. The first-order valence-corrected chi connectivity index (χ1v) is 7.78. The van der Waals surface area contributed by atoms with E-state index in [2.05, 4.69) is 16.5 Å². The molecule has 140 valence electrons. The van der Waals surface area contributed by atoms with Crippen molar-refractivity contribution in [3.05, 3.63) is 54.2 Å². The van der Waals surface area contributed by atoms with E-state index in [1.54, 1.807) is 6.20 Å². The van der Waals surface area contributed by atoms with Crippen molar-refractivity contribution in [1.82, 2.24) is 9.78 Å². The number of hydrogen-bond donors (Lipinski definition) is 3. The summed E-state index contributed by atoms with van der Waals surface area (Å²) in [5.74, 6) is -0.225. The lowest BCUT2D eigenvalue weighted by Crippen LogP contribution is -2.30. The molecule has 1 aromatic heterocycles. The summed E-state index contributed by atoms with van der Waals surface area (Å²) >= 11 is 0. The van der Waals surface area contributed by atoms with Gasteiger partial charge in [-0.25, -0.2) is 4.68 Å². The largest absolute Gasteiger partial charge is 0.395 e. The Morgan fingerprint density at radius 2 is 2.08 bits per heavy atom. The number of nitrogens with two attached hydrogens (primary N) is 1. The van der Waals surface area contributed by atoms with Crippen LogP contribution >= 0.6 is 25.9 Å². The van der Waals surface area contributed by atoms with Crippen LogP contribution in [0.1, 0.15) is 12.0 Å². The summed E-state index contributed by atoms with van der Waals surface area (Å²) in [7, 11) is 0. The quantitative estimate of drug-likeness (QED) is 0.619. The molecule has 4 N–H and O–H groups in total. The second-order valence-electron chi connectivity index (χ2n) is 5.86. The number of aliphatic hydroxyl groups is 1. The number of anilines is 1. The molecule has 0 aliphatic rings. The predicted molar refractivity (Wildman–Crippen MR) is 112 cm³/mol. The van der Waals surface area contributed by atoms with Crippen molar-refractivity contribution in [3.8, 4) is 5.69 Å². The van der Waals surface area contributed by atoms with Gasteiger partial charge < -0.3 is 16.2 Å². The van der Waals surface area contributed by atoms with E-state index in [0.717, 1.165) is 22.2 Å². The molecule has 1 heterocycles. The number of aryl methyl sites for hydroxylation is 1. The third-order valence-corrected chi connectivity index (χ3v) is 3.78. The average Bonchev–Trinajstić information content (AvgIpc) is 2.97. The summed E-state index contributed by atoms with van der Waals surface area (Å²) in [5.41, 5.74) is 9.29. The Labute approximate surface area is 165 Å². The molecule has 0 radical (unpaired) electrons. The Morgan fingerprint density at radius 1 is 1.31 bits per heavy atom. The first-order valence-electron chi connectivity index (χ1n) is 7.78. The van der Waals surface area contributed by atoms with Gasteiger partial charge in [0.05, 0.1) is 24.0 Å². The van der Waals surface area contributed by atoms with Crippen LogP contribution in [0.2, 0.25) is 0 Å². The third-order valence-electron chi connectivity index (χ3n) is 3.78. The molecule has 0 saturated carbocycles. The maximum absolute atomic E-state index is 11.9. The Morgan fingerprint density at radius 3 is 2.77 bits per heavy atom. The van der Waals surface area contributed by atoms with Crippen molar-refractivity contribution in [2.45, 2.75) is 19.4 Å². The minimum absolute atomic E-state index is 0. The van der Waals surface area contributed by atoms with E-state index in [9.17, 15) is 4.79 Å². The second-order valence-corrected chi connectivity index (χ2v) is 5.86. The van der Waals surface area contributed by atoms with E-state index in [1.807, 2.05) is 48.0 Å². The zero-order chi connectivity index (χ0) is 17.1. The van der Waals surface area contributed by atoms with E-state index >= 15 is 0 Å². The average molecular weight is 395 g/mol. The summed E-state index contributed by atoms with van der Waals surface area (Å²) in [5, 5.41) is 17.2. The number of hydrogen-bond acceptors (Lipinski definition) is 4. The predicted octanol–water partition coefficient (Wildman–Crippen LogP) is 2.52. The number of halogens is 1. The highest BCUT2D eigenvalue weighted by Crippen LogP contribution is 2.22. The summed E-state index contributed by atoms with van der Waals surface area (Å²) in [4.78, 5) is 11.9. The topological polar surface area (TPSA) is 93.2 Å². The lowest BCUT2D eigenvalue weighted by Gasteiger charge is -2.10. The van der Waals surface area contributed by atoms with Gasteiger partial charge in [0, 0.05) is 23.5 Å². The molecule has 3 rings (SSSR count). The second kappa shape index (κ2) is 9.59. The molecule has 0 aliphatic carbocycles. The van der Waals surface area contributed by atoms with Crippen molar-refractivity contribution in [2.75, 3.05) is 11.9 Å². The van der Waals surface area contributed by atoms with Crippen LogP contribution in [0.15, 0.2) is 48.7 Å². The molecule has 0 aliphatic heterocycles. The van der Waals surface area contributed by atoms with Gasteiger partial charge in [-0.2, -0.15) is 18.6 Å². The summed E-state index contributed by atoms with van der Waals surface area (Å²) < 4.78 is 1.84. The van der Waals surface area contributed by atoms with Gasteiger partial charge in [-0.3, -0.25) is 4.79 Å². The Hall–Kier alpha value is -2.06. The fourth-order valence-electron chi connectivity index (χ4n) is 2.58. The minimum atomic E-state index is -0.549. The van der Waals surface area contributed by atoms with Crippen LogP contribution in [0.3, 0.4) is 0 Å². The molecule has 3 aromatic rings. The monoisotopic (exact) mass is 394 g/mol. The summed E-state index contributed by atoms with van der Waals surface area (Å²) in [6.45, 7) is 1.82. The van der Waals surface area contributed by atoms with Gasteiger partial charge in [0.1, 0.15) is 0 Å². The molecule has 2 aromatic carbocycles. The van der Waals surface area contributed by atoms with Crippen molar-refractivity contribution < 1.29 is 9.90 Å². The van der Waals surface area contributed by atoms with E-state index in [1.165, 1.54) is 0 Å². The lowest BCUT2D eigenvalue weighted by atomic mass is 10.2. The number of aliphatic hydroxyl groups excluding tert-OH is 1.